The van der Waals surface area contributed by atoms with Crippen molar-refractivity contribution in [2.24, 2.45) is 5.92 Å². The molecule has 0 spiro atoms. The number of carboxylic acids is 1. The van der Waals surface area contributed by atoms with E-state index in [1.807, 2.05) is 0 Å². The monoisotopic (exact) mass is 550 g/mol. The van der Waals surface area contributed by atoms with Gasteiger partial charge >= 0.3 is 5.97 Å². The first-order valence-electron chi connectivity index (χ1n) is 13.3. The SMILES string of the molecule is Cc1cc(C(=O)O)ccc1-c1cccc(S(=O)(=O)N(C)CC(O)CNC(C)(C)CC2Cc3ccccc3C2)c1. The first kappa shape index (κ1) is 29.0. The number of hydrogen-bond acceptors (Lipinski definition) is 5. The Kier molecular flexibility index (Phi) is 8.61. The van der Waals surface area contributed by atoms with Gasteiger partial charge in [0.05, 0.1) is 16.6 Å². The fraction of sp³-hybridized carbons (Fsp3) is 0.387. The molecule has 0 saturated heterocycles. The molecule has 7 nitrogen and oxygen atoms in total. The third-order valence-electron chi connectivity index (χ3n) is 7.55. The molecule has 0 aromatic heterocycles. The Morgan fingerprint density at radius 3 is 2.33 bits per heavy atom. The van der Waals surface area contributed by atoms with Gasteiger partial charge in [-0.15, -0.1) is 0 Å². The van der Waals surface area contributed by atoms with Crippen LogP contribution in [0.1, 0.15) is 47.3 Å². The average molecular weight is 551 g/mol. The second-order valence-electron chi connectivity index (χ2n) is 11.3. The number of carboxylic acid groups (broad SMARTS) is 1. The Morgan fingerprint density at radius 1 is 1.05 bits per heavy atom. The third kappa shape index (κ3) is 6.94. The third-order valence-corrected chi connectivity index (χ3v) is 9.36. The lowest BCUT2D eigenvalue weighted by molar-refractivity contribution is 0.0696. The molecular formula is C31H38N2O5S. The first-order valence-corrected chi connectivity index (χ1v) is 14.7. The van der Waals surface area contributed by atoms with E-state index in [4.69, 9.17) is 0 Å². The van der Waals surface area contributed by atoms with Crippen LogP contribution in [0.15, 0.2) is 71.6 Å². The van der Waals surface area contributed by atoms with E-state index in [0.717, 1.165) is 30.4 Å². The summed E-state index contributed by atoms with van der Waals surface area (Å²) < 4.78 is 27.9. The van der Waals surface area contributed by atoms with Gasteiger partial charge in [0.1, 0.15) is 0 Å². The Balaban J connectivity index is 1.36. The molecule has 1 atom stereocenters. The second kappa shape index (κ2) is 11.6. The van der Waals surface area contributed by atoms with Gasteiger partial charge in [-0.3, -0.25) is 0 Å². The van der Waals surface area contributed by atoms with Crippen molar-refractivity contribution in [2.75, 3.05) is 20.1 Å². The Hall–Kier alpha value is -3.04. The molecule has 0 saturated carbocycles. The number of aliphatic hydroxyl groups is 1. The smallest absolute Gasteiger partial charge is 0.335 e. The van der Waals surface area contributed by atoms with Crippen molar-refractivity contribution in [1.29, 1.82) is 0 Å². The molecule has 0 amide bonds. The predicted octanol–water partition coefficient (Wildman–Crippen LogP) is 4.51. The van der Waals surface area contributed by atoms with E-state index in [1.165, 1.54) is 34.6 Å². The van der Waals surface area contributed by atoms with Crippen molar-refractivity contribution in [1.82, 2.24) is 9.62 Å². The lowest BCUT2D eigenvalue weighted by atomic mass is 9.88. The number of aromatic carboxylic acids is 1. The highest BCUT2D eigenvalue weighted by atomic mass is 32.2. The zero-order valence-corrected chi connectivity index (χ0v) is 23.8. The number of sulfonamides is 1. The summed E-state index contributed by atoms with van der Waals surface area (Å²) in [5.41, 5.74) is 4.99. The van der Waals surface area contributed by atoms with Crippen LogP contribution in [0, 0.1) is 12.8 Å². The van der Waals surface area contributed by atoms with E-state index >= 15 is 0 Å². The van der Waals surface area contributed by atoms with Gasteiger partial charge in [0.25, 0.3) is 0 Å². The fourth-order valence-corrected chi connectivity index (χ4v) is 6.82. The summed E-state index contributed by atoms with van der Waals surface area (Å²) in [4.78, 5) is 11.4. The van der Waals surface area contributed by atoms with Crippen molar-refractivity contribution < 1.29 is 23.4 Å². The molecule has 0 bridgehead atoms. The molecule has 39 heavy (non-hydrogen) atoms. The van der Waals surface area contributed by atoms with E-state index < -0.39 is 22.1 Å². The van der Waals surface area contributed by atoms with E-state index in [1.54, 1.807) is 37.3 Å². The number of aliphatic hydroxyl groups excluding tert-OH is 1. The number of likely N-dealkylation sites (N-methyl/N-ethyl adjacent to an activating group) is 1. The molecule has 1 aliphatic rings. The molecule has 8 heteroatoms. The maximum atomic E-state index is 13.3. The molecule has 3 aromatic rings. The zero-order valence-electron chi connectivity index (χ0n) is 23.0. The van der Waals surface area contributed by atoms with Crippen LogP contribution in [-0.4, -0.2) is 60.7 Å². The van der Waals surface area contributed by atoms with Crippen LogP contribution >= 0.6 is 0 Å². The van der Waals surface area contributed by atoms with Crippen molar-refractivity contribution in [3.8, 4) is 11.1 Å². The summed E-state index contributed by atoms with van der Waals surface area (Å²) in [7, 11) is -2.38. The number of β-amino-alcohol motifs (C(OH)–C–C–N with tert-alkyl or cyclic N) is 1. The number of benzene rings is 3. The molecular weight excluding hydrogens is 512 g/mol. The summed E-state index contributed by atoms with van der Waals surface area (Å²) in [6.07, 6.45) is 2.21. The van der Waals surface area contributed by atoms with Crippen LogP contribution in [-0.2, 0) is 22.9 Å². The van der Waals surface area contributed by atoms with Crippen LogP contribution in [0.5, 0.6) is 0 Å². The van der Waals surface area contributed by atoms with E-state index in [0.29, 0.717) is 11.5 Å². The zero-order chi connectivity index (χ0) is 28.4. The maximum Gasteiger partial charge on any atom is 0.335 e. The number of fused-ring (bicyclic) bond motifs is 1. The maximum absolute atomic E-state index is 13.3. The van der Waals surface area contributed by atoms with Crippen molar-refractivity contribution >= 4 is 16.0 Å². The largest absolute Gasteiger partial charge is 0.478 e. The average Bonchev–Trinajstić information content (AvgIpc) is 3.29. The minimum Gasteiger partial charge on any atom is -0.478 e. The molecule has 1 unspecified atom stereocenters. The standard InChI is InChI=1S/C31H38N2O5S/c1-21-14-26(30(35)36)12-13-29(21)25-10-7-11-28(17-25)39(37,38)33(4)20-27(34)19-32-31(2,3)18-22-15-23-8-5-6-9-24(23)16-22/h5-14,17,22,27,32,34H,15-16,18-20H2,1-4H3,(H,35,36). The van der Waals surface area contributed by atoms with Crippen molar-refractivity contribution in [3.05, 3.63) is 89.0 Å². The van der Waals surface area contributed by atoms with Gasteiger partial charge in [-0.25, -0.2) is 13.2 Å². The Bertz CT molecular complexity index is 1430. The molecule has 4 rings (SSSR count). The molecule has 0 aliphatic heterocycles. The summed E-state index contributed by atoms with van der Waals surface area (Å²) in [6, 6.07) is 19.9. The van der Waals surface area contributed by atoms with Gasteiger partial charge in [-0.1, -0.05) is 42.5 Å². The van der Waals surface area contributed by atoms with E-state index in [9.17, 15) is 23.4 Å². The number of nitrogens with one attached hydrogen (secondary N) is 1. The van der Waals surface area contributed by atoms with Gasteiger partial charge in [-0.05, 0) is 98.0 Å². The molecule has 1 aliphatic carbocycles. The molecule has 0 radical (unpaired) electrons. The van der Waals surface area contributed by atoms with E-state index in [-0.39, 0.29) is 29.1 Å². The van der Waals surface area contributed by atoms with Gasteiger partial charge in [-0.2, -0.15) is 4.31 Å². The summed E-state index contributed by atoms with van der Waals surface area (Å²) in [5.74, 6) is -0.468. The fourth-order valence-electron chi connectivity index (χ4n) is 5.57. The van der Waals surface area contributed by atoms with Crippen LogP contribution in [0.3, 0.4) is 0 Å². The van der Waals surface area contributed by atoms with Crippen molar-refractivity contribution in [3.63, 3.8) is 0 Å². The number of hydrogen-bond donors (Lipinski definition) is 3. The van der Waals surface area contributed by atoms with Crippen LogP contribution in [0.25, 0.3) is 11.1 Å². The van der Waals surface area contributed by atoms with Gasteiger partial charge in [0.2, 0.25) is 10.0 Å². The van der Waals surface area contributed by atoms with Gasteiger partial charge < -0.3 is 15.5 Å². The number of aryl methyl sites for hydroxylation is 1. The Morgan fingerprint density at radius 2 is 1.72 bits per heavy atom. The quantitative estimate of drug-likeness (QED) is 0.324. The summed E-state index contributed by atoms with van der Waals surface area (Å²) in [6.45, 7) is 6.28. The highest BCUT2D eigenvalue weighted by Gasteiger charge is 2.29. The number of rotatable bonds is 11. The normalized spacial score (nSPS) is 14.9. The van der Waals surface area contributed by atoms with E-state index in [2.05, 4.69) is 43.4 Å². The topological polar surface area (TPSA) is 107 Å². The Labute approximate surface area is 231 Å². The molecule has 208 valence electrons. The van der Waals surface area contributed by atoms with Crippen LogP contribution in [0.2, 0.25) is 0 Å². The van der Waals surface area contributed by atoms with Crippen LogP contribution < -0.4 is 5.32 Å². The summed E-state index contributed by atoms with van der Waals surface area (Å²) >= 11 is 0. The lowest BCUT2D eigenvalue weighted by Gasteiger charge is -2.31. The number of carbonyl (C=O) groups is 1. The molecule has 0 heterocycles. The highest BCUT2D eigenvalue weighted by Crippen LogP contribution is 2.32. The highest BCUT2D eigenvalue weighted by molar-refractivity contribution is 7.89. The van der Waals surface area contributed by atoms with Gasteiger partial charge in [0, 0.05) is 25.7 Å². The van der Waals surface area contributed by atoms with Gasteiger partial charge in [0.15, 0.2) is 0 Å². The second-order valence-corrected chi connectivity index (χ2v) is 13.4. The minimum absolute atomic E-state index is 0.0448. The van der Waals surface area contributed by atoms with Crippen molar-refractivity contribution in [2.45, 2.75) is 56.6 Å². The summed E-state index contributed by atoms with van der Waals surface area (Å²) in [5, 5.41) is 23.4. The molecule has 0 fully saturated rings. The first-order chi connectivity index (χ1) is 18.4. The molecule has 3 aromatic carbocycles. The lowest BCUT2D eigenvalue weighted by Crippen LogP contribution is -2.47. The minimum atomic E-state index is -3.85. The van der Waals surface area contributed by atoms with Crippen LogP contribution in [0.4, 0.5) is 0 Å². The number of nitrogens with zero attached hydrogens (tertiary/aromatic N) is 1. The predicted molar refractivity (Wildman–Crippen MR) is 153 cm³/mol. The molecule has 3 N–H and O–H groups in total.